The Labute approximate surface area is 151 Å². The van der Waals surface area contributed by atoms with Crippen LogP contribution in [-0.2, 0) is 11.2 Å². The summed E-state index contributed by atoms with van der Waals surface area (Å²) in [5, 5.41) is 6.76. The Kier molecular flexibility index (Phi) is 5.31. The SMILES string of the molecule is COc1ccc(Cl)cc1/C=N/NC(=O)Cc1cccc2ccccc12. The Bertz CT molecular complexity index is 933. The molecule has 0 bridgehead atoms. The number of methoxy groups -OCH3 is 1. The van der Waals surface area contributed by atoms with E-state index in [-0.39, 0.29) is 12.3 Å². The molecule has 126 valence electrons. The van der Waals surface area contributed by atoms with Crippen LogP contribution in [0.3, 0.4) is 0 Å². The van der Waals surface area contributed by atoms with Crippen LogP contribution >= 0.6 is 11.6 Å². The molecule has 0 radical (unpaired) electrons. The van der Waals surface area contributed by atoms with Crippen LogP contribution in [0.15, 0.2) is 65.8 Å². The monoisotopic (exact) mass is 352 g/mol. The lowest BCUT2D eigenvalue weighted by Gasteiger charge is -2.06. The average Bonchev–Trinajstić information content (AvgIpc) is 2.62. The molecule has 0 aromatic heterocycles. The number of benzene rings is 3. The van der Waals surface area contributed by atoms with E-state index in [9.17, 15) is 4.79 Å². The zero-order valence-corrected chi connectivity index (χ0v) is 14.5. The molecule has 0 unspecified atom stereocenters. The second kappa shape index (κ2) is 7.81. The number of nitrogens with one attached hydrogen (secondary N) is 1. The maximum Gasteiger partial charge on any atom is 0.244 e. The number of hydrazone groups is 1. The molecule has 0 atom stereocenters. The van der Waals surface area contributed by atoms with Crippen molar-refractivity contribution in [2.45, 2.75) is 6.42 Å². The summed E-state index contributed by atoms with van der Waals surface area (Å²) in [5.74, 6) is 0.449. The molecular formula is C20H17ClN2O2. The molecule has 25 heavy (non-hydrogen) atoms. The van der Waals surface area contributed by atoms with E-state index >= 15 is 0 Å². The molecule has 0 heterocycles. The predicted octanol–water partition coefficient (Wildman–Crippen LogP) is 4.19. The molecule has 0 saturated heterocycles. The van der Waals surface area contributed by atoms with Gasteiger partial charge in [-0.1, -0.05) is 54.1 Å². The Balaban J connectivity index is 1.70. The Morgan fingerprint density at radius 3 is 2.80 bits per heavy atom. The van der Waals surface area contributed by atoms with E-state index in [2.05, 4.69) is 10.5 Å². The van der Waals surface area contributed by atoms with Gasteiger partial charge in [-0.2, -0.15) is 5.10 Å². The van der Waals surface area contributed by atoms with Gasteiger partial charge in [-0.05, 0) is 34.5 Å². The third-order valence-corrected chi connectivity index (χ3v) is 4.05. The molecule has 0 aliphatic carbocycles. The highest BCUT2D eigenvalue weighted by Gasteiger charge is 2.06. The molecule has 0 spiro atoms. The lowest BCUT2D eigenvalue weighted by molar-refractivity contribution is -0.120. The first-order valence-electron chi connectivity index (χ1n) is 7.79. The first-order chi connectivity index (χ1) is 12.2. The molecule has 4 nitrogen and oxygen atoms in total. The molecule has 0 fully saturated rings. The van der Waals surface area contributed by atoms with Crippen molar-refractivity contribution in [2.24, 2.45) is 5.10 Å². The third kappa shape index (κ3) is 4.17. The van der Waals surface area contributed by atoms with Gasteiger partial charge in [0.15, 0.2) is 0 Å². The lowest BCUT2D eigenvalue weighted by Crippen LogP contribution is -2.19. The minimum Gasteiger partial charge on any atom is -0.496 e. The molecular weight excluding hydrogens is 336 g/mol. The fourth-order valence-corrected chi connectivity index (χ4v) is 2.82. The zero-order chi connectivity index (χ0) is 17.6. The number of hydrogen-bond donors (Lipinski definition) is 1. The highest BCUT2D eigenvalue weighted by atomic mass is 35.5. The van der Waals surface area contributed by atoms with Crippen LogP contribution in [0.1, 0.15) is 11.1 Å². The zero-order valence-electron chi connectivity index (χ0n) is 13.7. The summed E-state index contributed by atoms with van der Waals surface area (Å²) in [4.78, 5) is 12.2. The predicted molar refractivity (Wildman–Crippen MR) is 101 cm³/mol. The van der Waals surface area contributed by atoms with Gasteiger partial charge in [-0.15, -0.1) is 0 Å². The van der Waals surface area contributed by atoms with E-state index in [4.69, 9.17) is 16.3 Å². The van der Waals surface area contributed by atoms with Gasteiger partial charge < -0.3 is 4.74 Å². The molecule has 0 aliphatic heterocycles. The summed E-state index contributed by atoms with van der Waals surface area (Å²) in [6.07, 6.45) is 1.77. The molecule has 0 aliphatic rings. The normalized spacial score (nSPS) is 11.0. The molecule has 3 aromatic rings. The molecule has 5 heteroatoms. The van der Waals surface area contributed by atoms with Crippen molar-refractivity contribution < 1.29 is 9.53 Å². The summed E-state index contributed by atoms with van der Waals surface area (Å²) in [5.41, 5.74) is 4.21. The number of carbonyl (C=O) groups is 1. The van der Waals surface area contributed by atoms with Gasteiger partial charge in [0.2, 0.25) is 5.91 Å². The number of rotatable bonds is 5. The number of nitrogens with zero attached hydrogens (tertiary/aromatic N) is 1. The summed E-state index contributed by atoms with van der Waals surface area (Å²) < 4.78 is 5.24. The summed E-state index contributed by atoms with van der Waals surface area (Å²) in [6.45, 7) is 0. The second-order valence-electron chi connectivity index (χ2n) is 5.49. The van der Waals surface area contributed by atoms with Crippen LogP contribution in [0.5, 0.6) is 5.75 Å². The molecule has 3 aromatic carbocycles. The average molecular weight is 353 g/mol. The van der Waals surface area contributed by atoms with Crippen LogP contribution in [0, 0.1) is 0 Å². The van der Waals surface area contributed by atoms with Crippen molar-refractivity contribution in [3.63, 3.8) is 0 Å². The van der Waals surface area contributed by atoms with Crippen molar-refractivity contribution in [2.75, 3.05) is 7.11 Å². The van der Waals surface area contributed by atoms with E-state index in [1.54, 1.807) is 25.3 Å². The fourth-order valence-electron chi connectivity index (χ4n) is 2.64. The van der Waals surface area contributed by atoms with Gasteiger partial charge in [0.05, 0.1) is 19.7 Å². The van der Waals surface area contributed by atoms with Crippen molar-refractivity contribution in [1.82, 2.24) is 5.43 Å². The minimum absolute atomic E-state index is 0.186. The highest BCUT2D eigenvalue weighted by molar-refractivity contribution is 6.30. The first kappa shape index (κ1) is 17.0. The van der Waals surface area contributed by atoms with Crippen molar-refractivity contribution in [3.8, 4) is 5.75 Å². The third-order valence-electron chi connectivity index (χ3n) is 3.82. The van der Waals surface area contributed by atoms with Crippen LogP contribution in [0.2, 0.25) is 5.02 Å². The maximum absolute atomic E-state index is 12.2. The van der Waals surface area contributed by atoms with Crippen LogP contribution in [0.4, 0.5) is 0 Å². The summed E-state index contributed by atoms with van der Waals surface area (Å²) in [6, 6.07) is 19.1. The van der Waals surface area contributed by atoms with Crippen molar-refractivity contribution in [1.29, 1.82) is 0 Å². The van der Waals surface area contributed by atoms with Crippen LogP contribution < -0.4 is 10.2 Å². The Hall–Kier alpha value is -2.85. The van der Waals surface area contributed by atoms with Crippen molar-refractivity contribution >= 4 is 34.5 Å². The lowest BCUT2D eigenvalue weighted by atomic mass is 10.0. The van der Waals surface area contributed by atoms with E-state index in [0.717, 1.165) is 16.3 Å². The largest absolute Gasteiger partial charge is 0.496 e. The van der Waals surface area contributed by atoms with Gasteiger partial charge in [0.1, 0.15) is 5.75 Å². The van der Waals surface area contributed by atoms with Gasteiger partial charge in [0, 0.05) is 10.6 Å². The number of halogens is 1. The smallest absolute Gasteiger partial charge is 0.244 e. The topological polar surface area (TPSA) is 50.7 Å². The quantitative estimate of drug-likeness (QED) is 0.552. The van der Waals surface area contributed by atoms with Gasteiger partial charge >= 0.3 is 0 Å². The molecule has 1 N–H and O–H groups in total. The van der Waals surface area contributed by atoms with E-state index in [1.165, 1.54) is 6.21 Å². The molecule has 3 rings (SSSR count). The Morgan fingerprint density at radius 2 is 1.96 bits per heavy atom. The number of ether oxygens (including phenoxy) is 1. The first-order valence-corrected chi connectivity index (χ1v) is 8.17. The van der Waals surface area contributed by atoms with Crippen LogP contribution in [-0.4, -0.2) is 19.2 Å². The van der Waals surface area contributed by atoms with Gasteiger partial charge in [-0.25, -0.2) is 5.43 Å². The second-order valence-corrected chi connectivity index (χ2v) is 5.93. The standard InChI is InChI=1S/C20H17ClN2O2/c1-25-19-10-9-17(21)11-16(19)13-22-23-20(24)12-15-7-4-6-14-5-2-3-8-18(14)15/h2-11,13H,12H2,1H3,(H,23,24)/b22-13+. The number of amides is 1. The van der Waals surface area contributed by atoms with Gasteiger partial charge in [0.25, 0.3) is 0 Å². The summed E-state index contributed by atoms with van der Waals surface area (Å²) >= 11 is 5.97. The maximum atomic E-state index is 12.2. The van der Waals surface area contributed by atoms with Crippen LogP contribution in [0.25, 0.3) is 10.8 Å². The Morgan fingerprint density at radius 1 is 1.16 bits per heavy atom. The van der Waals surface area contributed by atoms with E-state index in [0.29, 0.717) is 16.3 Å². The number of fused-ring (bicyclic) bond motifs is 1. The van der Waals surface area contributed by atoms with E-state index in [1.807, 2.05) is 42.5 Å². The fraction of sp³-hybridized carbons (Fsp3) is 0.100. The van der Waals surface area contributed by atoms with E-state index < -0.39 is 0 Å². The van der Waals surface area contributed by atoms with Crippen molar-refractivity contribution in [3.05, 3.63) is 76.8 Å². The highest BCUT2D eigenvalue weighted by Crippen LogP contribution is 2.21. The minimum atomic E-state index is -0.186. The number of hydrogen-bond acceptors (Lipinski definition) is 3. The van der Waals surface area contributed by atoms with Gasteiger partial charge in [-0.3, -0.25) is 4.79 Å². The molecule has 0 saturated carbocycles. The summed E-state index contributed by atoms with van der Waals surface area (Å²) in [7, 11) is 1.57. The number of carbonyl (C=O) groups excluding carboxylic acids is 1. The molecule has 1 amide bonds.